The normalized spacial score (nSPS) is 34.5. The van der Waals surface area contributed by atoms with Crippen molar-refractivity contribution in [1.82, 2.24) is 0 Å². The van der Waals surface area contributed by atoms with E-state index in [-0.39, 0.29) is 11.6 Å². The minimum absolute atomic E-state index is 0.0523. The summed E-state index contributed by atoms with van der Waals surface area (Å²) in [6.45, 7) is 4.56. The fourth-order valence-corrected chi connectivity index (χ4v) is 3.26. The van der Waals surface area contributed by atoms with Crippen LogP contribution in [0.2, 0.25) is 0 Å². The molecular formula is C14H24O3. The predicted octanol–water partition coefficient (Wildman–Crippen LogP) is 3.07. The molecule has 0 aromatic heterocycles. The van der Waals surface area contributed by atoms with Crippen molar-refractivity contribution in [3.05, 3.63) is 0 Å². The number of hydrogen-bond donors (Lipinski definition) is 0. The minimum atomic E-state index is -0.0523. The van der Waals surface area contributed by atoms with E-state index in [0.717, 1.165) is 19.3 Å². The van der Waals surface area contributed by atoms with E-state index in [1.54, 1.807) is 0 Å². The van der Waals surface area contributed by atoms with E-state index in [2.05, 4.69) is 6.92 Å². The summed E-state index contributed by atoms with van der Waals surface area (Å²) < 4.78 is 10.9. The zero-order valence-electron chi connectivity index (χ0n) is 11.0. The van der Waals surface area contributed by atoms with Crippen LogP contribution in [0.3, 0.4) is 0 Å². The standard InChI is InChI=1S/C14H24O3/c1-3-5-6-9-14-11(7-8-12(14)17-14)10-13(15)16-4-2/h11-12H,3-10H2,1-2H3/t11-,12?,14-/m1/s1. The highest BCUT2D eigenvalue weighted by Gasteiger charge is 2.64. The Morgan fingerprint density at radius 3 is 2.82 bits per heavy atom. The molecular weight excluding hydrogens is 216 g/mol. The molecule has 1 saturated carbocycles. The first kappa shape index (κ1) is 12.9. The highest BCUT2D eigenvalue weighted by molar-refractivity contribution is 5.70. The van der Waals surface area contributed by atoms with E-state index < -0.39 is 0 Å². The van der Waals surface area contributed by atoms with Crippen molar-refractivity contribution in [3.63, 3.8) is 0 Å². The lowest BCUT2D eigenvalue weighted by atomic mass is 9.87. The molecule has 0 bridgehead atoms. The number of esters is 1. The first-order valence-electron chi connectivity index (χ1n) is 7.06. The molecule has 0 spiro atoms. The third-order valence-electron chi connectivity index (χ3n) is 4.21. The summed E-state index contributed by atoms with van der Waals surface area (Å²) in [5.74, 6) is 0.354. The van der Waals surface area contributed by atoms with Crippen LogP contribution in [0.25, 0.3) is 0 Å². The Labute approximate surface area is 104 Å². The van der Waals surface area contributed by atoms with Gasteiger partial charge in [0, 0.05) is 5.92 Å². The van der Waals surface area contributed by atoms with Crippen LogP contribution in [-0.2, 0) is 14.3 Å². The van der Waals surface area contributed by atoms with Crippen LogP contribution in [-0.4, -0.2) is 24.3 Å². The summed E-state index contributed by atoms with van der Waals surface area (Å²) in [6.07, 6.45) is 8.14. The Hall–Kier alpha value is -0.570. The van der Waals surface area contributed by atoms with Gasteiger partial charge in [0.15, 0.2) is 0 Å². The van der Waals surface area contributed by atoms with Gasteiger partial charge in [-0.2, -0.15) is 0 Å². The zero-order valence-corrected chi connectivity index (χ0v) is 11.0. The van der Waals surface area contributed by atoms with Gasteiger partial charge in [-0.3, -0.25) is 4.79 Å². The van der Waals surface area contributed by atoms with Crippen LogP contribution >= 0.6 is 0 Å². The average Bonchev–Trinajstić information content (AvgIpc) is 2.91. The van der Waals surface area contributed by atoms with Crippen LogP contribution < -0.4 is 0 Å². The molecule has 1 unspecified atom stereocenters. The molecule has 0 aromatic carbocycles. The second-order valence-corrected chi connectivity index (χ2v) is 5.30. The van der Waals surface area contributed by atoms with Gasteiger partial charge in [-0.05, 0) is 26.2 Å². The number of carbonyl (C=O) groups is 1. The number of carbonyl (C=O) groups excluding carboxylic acids is 1. The summed E-state index contributed by atoms with van der Waals surface area (Å²) in [7, 11) is 0. The topological polar surface area (TPSA) is 38.8 Å². The lowest BCUT2D eigenvalue weighted by Crippen LogP contribution is -2.25. The van der Waals surface area contributed by atoms with Gasteiger partial charge in [-0.1, -0.05) is 26.2 Å². The molecule has 2 rings (SSSR count). The summed E-state index contributed by atoms with van der Waals surface area (Å²) >= 11 is 0. The third-order valence-corrected chi connectivity index (χ3v) is 4.21. The van der Waals surface area contributed by atoms with Gasteiger partial charge in [0.2, 0.25) is 0 Å². The van der Waals surface area contributed by atoms with Gasteiger partial charge in [0.05, 0.1) is 24.7 Å². The Balaban J connectivity index is 1.83. The second kappa shape index (κ2) is 5.38. The fourth-order valence-electron chi connectivity index (χ4n) is 3.26. The maximum absolute atomic E-state index is 11.6. The zero-order chi connectivity index (χ0) is 12.3. The molecule has 3 nitrogen and oxygen atoms in total. The first-order valence-corrected chi connectivity index (χ1v) is 7.06. The smallest absolute Gasteiger partial charge is 0.306 e. The van der Waals surface area contributed by atoms with Crippen molar-refractivity contribution in [3.8, 4) is 0 Å². The first-order chi connectivity index (χ1) is 8.23. The summed E-state index contributed by atoms with van der Waals surface area (Å²) in [5.41, 5.74) is 0.0575. The van der Waals surface area contributed by atoms with Gasteiger partial charge < -0.3 is 9.47 Å². The quantitative estimate of drug-likeness (QED) is 0.390. The SMILES string of the molecule is CCCCC[C@]12OC1CC[C@@H]2CC(=O)OCC. The van der Waals surface area contributed by atoms with E-state index >= 15 is 0 Å². The lowest BCUT2D eigenvalue weighted by Gasteiger charge is -2.19. The lowest BCUT2D eigenvalue weighted by molar-refractivity contribution is -0.144. The Bertz CT molecular complexity index is 277. The molecule has 1 heterocycles. The van der Waals surface area contributed by atoms with Crippen molar-refractivity contribution in [2.24, 2.45) is 5.92 Å². The van der Waals surface area contributed by atoms with Crippen LogP contribution in [0, 0.1) is 5.92 Å². The number of fused-ring (bicyclic) bond motifs is 1. The van der Waals surface area contributed by atoms with Crippen LogP contribution in [0.4, 0.5) is 0 Å². The molecule has 3 atom stereocenters. The van der Waals surface area contributed by atoms with Crippen LogP contribution in [0.15, 0.2) is 0 Å². The number of epoxide rings is 1. The fraction of sp³-hybridized carbons (Fsp3) is 0.929. The molecule has 3 heteroatoms. The van der Waals surface area contributed by atoms with E-state index in [1.165, 1.54) is 19.3 Å². The van der Waals surface area contributed by atoms with Crippen molar-refractivity contribution < 1.29 is 14.3 Å². The summed E-state index contributed by atoms with van der Waals surface area (Å²) in [5, 5.41) is 0. The summed E-state index contributed by atoms with van der Waals surface area (Å²) in [4.78, 5) is 11.6. The molecule has 1 aliphatic carbocycles. The molecule has 98 valence electrons. The van der Waals surface area contributed by atoms with Crippen molar-refractivity contribution in [1.29, 1.82) is 0 Å². The van der Waals surface area contributed by atoms with E-state index in [0.29, 0.717) is 25.0 Å². The van der Waals surface area contributed by atoms with Gasteiger partial charge in [-0.15, -0.1) is 0 Å². The Morgan fingerprint density at radius 1 is 1.35 bits per heavy atom. The molecule has 1 saturated heterocycles. The molecule has 1 aliphatic heterocycles. The molecule has 17 heavy (non-hydrogen) atoms. The molecule has 2 fully saturated rings. The van der Waals surface area contributed by atoms with Crippen molar-refractivity contribution in [2.45, 2.75) is 70.5 Å². The van der Waals surface area contributed by atoms with Gasteiger partial charge in [0.25, 0.3) is 0 Å². The Morgan fingerprint density at radius 2 is 2.18 bits per heavy atom. The number of unbranched alkanes of at least 4 members (excludes halogenated alkanes) is 2. The van der Waals surface area contributed by atoms with Crippen molar-refractivity contribution >= 4 is 5.97 Å². The molecule has 0 radical (unpaired) electrons. The maximum Gasteiger partial charge on any atom is 0.306 e. The van der Waals surface area contributed by atoms with Crippen LogP contribution in [0.5, 0.6) is 0 Å². The van der Waals surface area contributed by atoms with Crippen molar-refractivity contribution in [2.75, 3.05) is 6.61 Å². The predicted molar refractivity (Wildman–Crippen MR) is 65.7 cm³/mol. The molecule has 0 aromatic rings. The highest BCUT2D eigenvalue weighted by atomic mass is 16.6. The minimum Gasteiger partial charge on any atom is -0.466 e. The molecule has 0 amide bonds. The Kier molecular flexibility index (Phi) is 4.08. The molecule has 0 N–H and O–H groups in total. The largest absolute Gasteiger partial charge is 0.466 e. The second-order valence-electron chi connectivity index (χ2n) is 5.30. The maximum atomic E-state index is 11.6. The van der Waals surface area contributed by atoms with Gasteiger partial charge >= 0.3 is 5.97 Å². The highest BCUT2D eigenvalue weighted by Crippen LogP contribution is 2.57. The van der Waals surface area contributed by atoms with Gasteiger partial charge in [-0.25, -0.2) is 0 Å². The molecule has 2 aliphatic rings. The monoisotopic (exact) mass is 240 g/mol. The third kappa shape index (κ3) is 2.65. The van der Waals surface area contributed by atoms with Gasteiger partial charge in [0.1, 0.15) is 0 Å². The number of hydrogen-bond acceptors (Lipinski definition) is 3. The number of rotatable bonds is 7. The average molecular weight is 240 g/mol. The summed E-state index contributed by atoms with van der Waals surface area (Å²) in [6, 6.07) is 0. The van der Waals surface area contributed by atoms with E-state index in [1.807, 2.05) is 6.92 Å². The number of ether oxygens (including phenoxy) is 2. The van der Waals surface area contributed by atoms with Crippen LogP contribution in [0.1, 0.15) is 58.8 Å². The van der Waals surface area contributed by atoms with E-state index in [9.17, 15) is 4.79 Å². The van der Waals surface area contributed by atoms with E-state index in [4.69, 9.17) is 9.47 Å².